The second-order valence-corrected chi connectivity index (χ2v) is 15.6. The monoisotopic (exact) mass is 698 g/mol. The summed E-state index contributed by atoms with van der Waals surface area (Å²) in [7, 11) is -3.82. The number of likely N-dealkylation sites (tertiary alicyclic amines) is 1. The Balaban J connectivity index is 1.75. The number of hydroxylamine groups is 2. The number of para-hydroxylation sites is 1. The van der Waals surface area contributed by atoms with Crippen LogP contribution in [0.15, 0.2) is 66.9 Å². The van der Waals surface area contributed by atoms with Gasteiger partial charge in [0, 0.05) is 18.1 Å². The number of aromatic nitrogens is 1. The zero-order chi connectivity index (χ0) is 36.0. The summed E-state index contributed by atoms with van der Waals surface area (Å²) in [5.74, 6) is -1.26. The summed E-state index contributed by atoms with van der Waals surface area (Å²) in [5, 5.41) is 4.84. The van der Waals surface area contributed by atoms with Crippen molar-refractivity contribution in [3.63, 3.8) is 0 Å². The van der Waals surface area contributed by atoms with Crippen molar-refractivity contribution in [2.45, 2.75) is 84.3 Å². The molecule has 266 valence electrons. The zero-order valence-electron chi connectivity index (χ0n) is 29.0. The first-order chi connectivity index (χ1) is 22.9. The Bertz CT molecular complexity index is 1720. The van der Waals surface area contributed by atoms with E-state index in [1.54, 1.807) is 65.9 Å². The highest BCUT2D eigenvalue weighted by molar-refractivity contribution is 7.85. The van der Waals surface area contributed by atoms with Crippen molar-refractivity contribution in [3.8, 4) is 0 Å². The largest absolute Gasteiger partial charge is 0.444 e. The van der Waals surface area contributed by atoms with Crippen LogP contribution < -0.4 is 5.32 Å². The minimum absolute atomic E-state index is 0.0167. The highest BCUT2D eigenvalue weighted by Crippen LogP contribution is 2.34. The summed E-state index contributed by atoms with van der Waals surface area (Å²) < 4.78 is 40.4. The Kier molecular flexibility index (Phi) is 11.9. The van der Waals surface area contributed by atoms with E-state index in [0.29, 0.717) is 11.2 Å². The molecular formula is C35H46N4O9S. The van der Waals surface area contributed by atoms with Crippen LogP contribution in [0.1, 0.15) is 59.9 Å². The van der Waals surface area contributed by atoms with Crippen LogP contribution in [0.2, 0.25) is 0 Å². The average Bonchev–Trinajstić information content (AvgIpc) is 2.99. The van der Waals surface area contributed by atoms with Gasteiger partial charge in [-0.05, 0) is 78.0 Å². The Morgan fingerprint density at radius 3 is 2.27 bits per heavy atom. The van der Waals surface area contributed by atoms with Crippen molar-refractivity contribution in [3.05, 3.63) is 72.4 Å². The molecule has 0 saturated carbocycles. The van der Waals surface area contributed by atoms with Crippen molar-refractivity contribution in [1.29, 1.82) is 0 Å². The van der Waals surface area contributed by atoms with Gasteiger partial charge in [-0.3, -0.25) is 23.7 Å². The molecule has 1 aromatic heterocycles. The molecule has 2 aromatic carbocycles. The Hall–Kier alpha value is -4.27. The van der Waals surface area contributed by atoms with Gasteiger partial charge in [-0.15, -0.1) is 0 Å². The van der Waals surface area contributed by atoms with Gasteiger partial charge in [-0.2, -0.15) is 13.5 Å². The number of carbonyl (C=O) groups is 3. The van der Waals surface area contributed by atoms with Crippen LogP contribution in [-0.2, 0) is 40.0 Å². The molecule has 14 heteroatoms. The molecule has 3 aromatic rings. The maximum Gasteiger partial charge on any atom is 0.434 e. The van der Waals surface area contributed by atoms with Crippen molar-refractivity contribution >= 4 is 44.8 Å². The summed E-state index contributed by atoms with van der Waals surface area (Å²) in [6, 6.07) is 16.3. The van der Waals surface area contributed by atoms with Crippen LogP contribution >= 0.6 is 0 Å². The Morgan fingerprint density at radius 2 is 1.61 bits per heavy atom. The predicted molar refractivity (Wildman–Crippen MR) is 184 cm³/mol. The van der Waals surface area contributed by atoms with Crippen molar-refractivity contribution < 1.29 is 41.3 Å². The third-order valence-electron chi connectivity index (χ3n) is 7.46. The highest BCUT2D eigenvalue weighted by atomic mass is 32.2. The van der Waals surface area contributed by atoms with E-state index in [-0.39, 0.29) is 32.6 Å². The van der Waals surface area contributed by atoms with Crippen LogP contribution in [0.25, 0.3) is 10.9 Å². The number of carbonyl (C=O) groups excluding carboxylic acids is 3. The van der Waals surface area contributed by atoms with E-state index in [1.807, 2.05) is 42.5 Å². The zero-order valence-corrected chi connectivity index (χ0v) is 29.9. The third-order valence-corrected chi connectivity index (χ3v) is 8.05. The molecule has 13 nitrogen and oxygen atoms in total. The number of nitrogens with one attached hydrogen (secondary N) is 1. The van der Waals surface area contributed by atoms with Crippen molar-refractivity contribution in [1.82, 2.24) is 14.9 Å². The van der Waals surface area contributed by atoms with Gasteiger partial charge in [0.25, 0.3) is 10.1 Å². The van der Waals surface area contributed by atoms with Gasteiger partial charge in [0.05, 0.1) is 30.1 Å². The van der Waals surface area contributed by atoms with Gasteiger partial charge in [-0.1, -0.05) is 48.5 Å². The molecule has 1 aliphatic rings. The molecule has 2 heterocycles. The first-order valence-corrected chi connectivity index (χ1v) is 17.9. The van der Waals surface area contributed by atoms with E-state index in [1.165, 1.54) is 4.90 Å². The van der Waals surface area contributed by atoms with Crippen molar-refractivity contribution in [2.24, 2.45) is 5.92 Å². The molecule has 4 rings (SSSR count). The Morgan fingerprint density at radius 1 is 0.939 bits per heavy atom. The molecular weight excluding hydrogens is 652 g/mol. The van der Waals surface area contributed by atoms with E-state index in [4.69, 9.17) is 18.5 Å². The molecule has 3 amide bonds. The van der Waals surface area contributed by atoms with Crippen LogP contribution in [0.4, 0.5) is 15.3 Å². The van der Waals surface area contributed by atoms with Crippen LogP contribution in [0, 0.1) is 5.92 Å². The minimum Gasteiger partial charge on any atom is -0.444 e. The summed E-state index contributed by atoms with van der Waals surface area (Å²) >= 11 is 0. The molecule has 0 bridgehead atoms. The quantitative estimate of drug-likeness (QED) is 0.200. The maximum atomic E-state index is 14.3. The molecule has 0 unspecified atom stereocenters. The third kappa shape index (κ3) is 11.1. The average molecular weight is 699 g/mol. The van der Waals surface area contributed by atoms with Crippen LogP contribution in [0.5, 0.6) is 0 Å². The smallest absolute Gasteiger partial charge is 0.434 e. The summed E-state index contributed by atoms with van der Waals surface area (Å²) in [6.45, 7) is 9.88. The number of fused-ring (bicyclic) bond motifs is 1. The van der Waals surface area contributed by atoms with E-state index >= 15 is 0 Å². The fourth-order valence-electron chi connectivity index (χ4n) is 5.55. The number of benzene rings is 2. The molecule has 1 aliphatic heterocycles. The number of hydrogen-bond donors (Lipinski definition) is 1. The van der Waals surface area contributed by atoms with Gasteiger partial charge in [-0.25, -0.2) is 9.59 Å². The van der Waals surface area contributed by atoms with Gasteiger partial charge in [0.1, 0.15) is 23.9 Å². The van der Waals surface area contributed by atoms with Gasteiger partial charge >= 0.3 is 12.2 Å². The van der Waals surface area contributed by atoms with E-state index < -0.39 is 57.4 Å². The minimum atomic E-state index is -3.82. The molecule has 49 heavy (non-hydrogen) atoms. The number of pyridine rings is 1. The van der Waals surface area contributed by atoms with E-state index in [0.717, 1.165) is 22.3 Å². The molecule has 0 aliphatic carbocycles. The normalized spacial score (nSPS) is 18.5. The standard InChI is InChI=1S/C35H46N4O9S/c1-34(2,3)47-32(41)38-22-27(39(33(42)48-35(4,5)6)45-23-24-13-9-8-10-14-24)21-26(18-20-46-49(7,43)44)30(38)31(40)37-28-17-11-15-25-16-12-19-36-29(25)28/h8-17,19,26-27,30H,18,20-23H2,1-7H3,(H,37,40)/t26-,27-,30+/m1/s1. The molecule has 1 saturated heterocycles. The van der Waals surface area contributed by atoms with Gasteiger partial charge in [0.15, 0.2) is 0 Å². The number of piperidine rings is 1. The molecule has 1 N–H and O–H groups in total. The number of anilines is 1. The first kappa shape index (κ1) is 37.5. The van der Waals surface area contributed by atoms with Crippen molar-refractivity contribution in [2.75, 3.05) is 24.7 Å². The number of amides is 3. The van der Waals surface area contributed by atoms with Gasteiger partial charge < -0.3 is 14.8 Å². The lowest BCUT2D eigenvalue weighted by atomic mass is 9.83. The lowest BCUT2D eigenvalue weighted by Crippen LogP contribution is -2.62. The van der Waals surface area contributed by atoms with E-state index in [9.17, 15) is 22.8 Å². The number of hydrogen-bond acceptors (Lipinski definition) is 10. The lowest BCUT2D eigenvalue weighted by Gasteiger charge is -2.46. The summed E-state index contributed by atoms with van der Waals surface area (Å²) in [6.07, 6.45) is 1.13. The molecule has 1 fully saturated rings. The molecule has 0 spiro atoms. The topological polar surface area (TPSA) is 154 Å². The van der Waals surface area contributed by atoms with Gasteiger partial charge in [0.2, 0.25) is 5.91 Å². The number of nitrogens with zero attached hydrogens (tertiary/aromatic N) is 3. The fourth-order valence-corrected chi connectivity index (χ4v) is 5.95. The first-order valence-electron chi connectivity index (χ1n) is 16.1. The fraction of sp³-hybridized carbons (Fsp3) is 0.486. The summed E-state index contributed by atoms with van der Waals surface area (Å²) in [5.41, 5.74) is -0.0215. The van der Waals surface area contributed by atoms with E-state index in [2.05, 4.69) is 10.3 Å². The second-order valence-electron chi connectivity index (χ2n) is 14.0. The Labute approximate surface area is 287 Å². The highest BCUT2D eigenvalue weighted by Gasteiger charge is 2.47. The summed E-state index contributed by atoms with van der Waals surface area (Å²) in [4.78, 5) is 53.7. The SMILES string of the molecule is CC(C)(C)OC(=O)N1C[C@H](N(OCc2ccccc2)C(=O)OC(C)(C)C)C[C@@H](CCOS(C)(=O)=O)[C@H]1C(=O)Nc1cccc2cccnc12. The van der Waals surface area contributed by atoms with Crippen LogP contribution in [0.3, 0.4) is 0 Å². The predicted octanol–water partition coefficient (Wildman–Crippen LogP) is 5.90. The lowest BCUT2D eigenvalue weighted by molar-refractivity contribution is -0.193. The molecule has 0 radical (unpaired) electrons. The number of ether oxygens (including phenoxy) is 2. The van der Waals surface area contributed by atoms with Crippen LogP contribution in [-0.4, -0.2) is 84.2 Å². The maximum absolute atomic E-state index is 14.3. The number of rotatable bonds is 10. The second kappa shape index (κ2) is 15.5. The molecule has 3 atom stereocenters.